The minimum atomic E-state index is -0.227. The first kappa shape index (κ1) is 16.7. The van der Waals surface area contributed by atoms with Crippen LogP contribution in [0.25, 0.3) is 0 Å². The fraction of sp³-hybridized carbons (Fsp3) is 0.588. The average Bonchev–Trinajstić information content (AvgIpc) is 2.45. The van der Waals surface area contributed by atoms with Gasteiger partial charge in [-0.15, -0.1) is 0 Å². The molecule has 0 aliphatic heterocycles. The highest BCUT2D eigenvalue weighted by atomic mass is 19.1. The lowest BCUT2D eigenvalue weighted by molar-refractivity contribution is 0.199. The number of aliphatic hydroxyl groups excluding tert-OH is 1. The van der Waals surface area contributed by atoms with Crippen molar-refractivity contribution in [3.63, 3.8) is 0 Å². The van der Waals surface area contributed by atoms with Gasteiger partial charge in [-0.3, -0.25) is 0 Å². The van der Waals surface area contributed by atoms with Crippen molar-refractivity contribution in [3.8, 4) is 0 Å². The molecule has 5 heteroatoms. The van der Waals surface area contributed by atoms with Gasteiger partial charge < -0.3 is 15.7 Å². The maximum atomic E-state index is 13.3. The summed E-state index contributed by atoms with van der Waals surface area (Å²) in [4.78, 5) is 12.1. The third-order valence-electron chi connectivity index (χ3n) is 4.24. The van der Waals surface area contributed by atoms with E-state index in [1.54, 1.807) is 12.1 Å². The molecule has 1 aliphatic carbocycles. The number of urea groups is 1. The summed E-state index contributed by atoms with van der Waals surface area (Å²) >= 11 is 0. The van der Waals surface area contributed by atoms with Gasteiger partial charge in [-0.1, -0.05) is 19.9 Å². The van der Waals surface area contributed by atoms with E-state index in [1.165, 1.54) is 6.07 Å². The summed E-state index contributed by atoms with van der Waals surface area (Å²) in [7, 11) is 0. The molecule has 0 radical (unpaired) electrons. The third kappa shape index (κ3) is 4.44. The molecule has 0 spiro atoms. The highest BCUT2D eigenvalue weighted by Crippen LogP contribution is 2.30. The summed E-state index contributed by atoms with van der Waals surface area (Å²) in [6, 6.07) is 4.50. The molecule has 2 amide bonds. The predicted molar refractivity (Wildman–Crippen MR) is 84.1 cm³/mol. The number of aliphatic hydroxyl groups is 1. The highest BCUT2D eigenvalue weighted by Gasteiger charge is 2.23. The van der Waals surface area contributed by atoms with Crippen LogP contribution in [0.1, 0.15) is 50.3 Å². The van der Waals surface area contributed by atoms with E-state index in [2.05, 4.69) is 10.6 Å². The monoisotopic (exact) mass is 308 g/mol. The number of halogens is 1. The van der Waals surface area contributed by atoms with E-state index in [4.69, 9.17) is 5.11 Å². The second-order valence-corrected chi connectivity index (χ2v) is 6.75. The summed E-state index contributed by atoms with van der Waals surface area (Å²) in [6.45, 7) is 4.62. The standard InChI is InChI=1S/C17H25FN2O2/c1-17(2,8-9-21)11-19-16(22)20-15-5-3-4-12-10-13(18)6-7-14(12)15/h6-7,10,15,21H,3-5,8-9,11H2,1-2H3,(H2,19,20,22). The van der Waals surface area contributed by atoms with Crippen LogP contribution in [0.2, 0.25) is 0 Å². The maximum Gasteiger partial charge on any atom is 0.315 e. The Morgan fingerprint density at radius 1 is 1.45 bits per heavy atom. The molecule has 3 N–H and O–H groups in total. The number of aryl methyl sites for hydroxylation is 1. The van der Waals surface area contributed by atoms with Gasteiger partial charge in [0, 0.05) is 13.2 Å². The van der Waals surface area contributed by atoms with Crippen molar-refractivity contribution in [2.45, 2.75) is 45.6 Å². The molecule has 0 heterocycles. The fourth-order valence-electron chi connectivity index (χ4n) is 2.85. The number of amides is 2. The number of carbonyl (C=O) groups excluding carboxylic acids is 1. The van der Waals surface area contributed by atoms with Gasteiger partial charge in [0.05, 0.1) is 6.04 Å². The predicted octanol–water partition coefficient (Wildman–Crippen LogP) is 2.91. The van der Waals surface area contributed by atoms with E-state index < -0.39 is 0 Å². The van der Waals surface area contributed by atoms with Gasteiger partial charge in [0.2, 0.25) is 0 Å². The van der Waals surface area contributed by atoms with Gasteiger partial charge in [0.25, 0.3) is 0 Å². The van der Waals surface area contributed by atoms with Crippen LogP contribution in [0.3, 0.4) is 0 Å². The van der Waals surface area contributed by atoms with Crippen LogP contribution in [-0.4, -0.2) is 24.3 Å². The van der Waals surface area contributed by atoms with E-state index in [-0.39, 0.29) is 29.9 Å². The molecule has 1 aromatic rings. The van der Waals surface area contributed by atoms with E-state index in [0.29, 0.717) is 13.0 Å². The normalized spacial score (nSPS) is 17.7. The molecule has 1 unspecified atom stereocenters. The molecule has 122 valence electrons. The average molecular weight is 308 g/mol. The van der Waals surface area contributed by atoms with Crippen LogP contribution in [0.4, 0.5) is 9.18 Å². The van der Waals surface area contributed by atoms with Crippen LogP contribution < -0.4 is 10.6 Å². The Morgan fingerprint density at radius 2 is 2.23 bits per heavy atom. The lowest BCUT2D eigenvalue weighted by Gasteiger charge is -2.28. The topological polar surface area (TPSA) is 61.4 Å². The van der Waals surface area contributed by atoms with E-state index in [9.17, 15) is 9.18 Å². The molecule has 22 heavy (non-hydrogen) atoms. The molecule has 1 aliphatic rings. The number of hydrogen-bond donors (Lipinski definition) is 3. The molecule has 0 bridgehead atoms. The molecule has 1 aromatic carbocycles. The number of hydrogen-bond acceptors (Lipinski definition) is 2. The van der Waals surface area contributed by atoms with Crippen molar-refractivity contribution in [1.29, 1.82) is 0 Å². The van der Waals surface area contributed by atoms with Crippen LogP contribution >= 0.6 is 0 Å². The zero-order valence-electron chi connectivity index (χ0n) is 13.3. The van der Waals surface area contributed by atoms with Crippen molar-refractivity contribution in [3.05, 3.63) is 35.1 Å². The molecular weight excluding hydrogens is 283 g/mol. The first-order valence-corrected chi connectivity index (χ1v) is 7.85. The Balaban J connectivity index is 1.93. The van der Waals surface area contributed by atoms with Crippen molar-refractivity contribution in [2.24, 2.45) is 5.41 Å². The number of rotatable bonds is 5. The minimum absolute atomic E-state index is 0.0645. The van der Waals surface area contributed by atoms with E-state index in [1.807, 2.05) is 13.8 Å². The Labute approximate surface area is 131 Å². The van der Waals surface area contributed by atoms with Crippen molar-refractivity contribution >= 4 is 6.03 Å². The summed E-state index contributed by atoms with van der Waals surface area (Å²) < 4.78 is 13.3. The van der Waals surface area contributed by atoms with Crippen molar-refractivity contribution in [2.75, 3.05) is 13.2 Å². The van der Waals surface area contributed by atoms with Gasteiger partial charge in [-0.05, 0) is 54.4 Å². The number of nitrogens with one attached hydrogen (secondary N) is 2. The van der Waals surface area contributed by atoms with Crippen LogP contribution in [-0.2, 0) is 6.42 Å². The van der Waals surface area contributed by atoms with Gasteiger partial charge in [-0.25, -0.2) is 9.18 Å². The van der Waals surface area contributed by atoms with Gasteiger partial charge in [0.15, 0.2) is 0 Å². The van der Waals surface area contributed by atoms with Gasteiger partial charge in [0.1, 0.15) is 5.82 Å². The Kier molecular flexibility index (Phi) is 5.40. The summed E-state index contributed by atoms with van der Waals surface area (Å²) in [5.41, 5.74) is 1.86. The van der Waals surface area contributed by atoms with Crippen molar-refractivity contribution < 1.29 is 14.3 Å². The largest absolute Gasteiger partial charge is 0.396 e. The highest BCUT2D eigenvalue weighted by molar-refractivity contribution is 5.74. The molecule has 0 fully saturated rings. The molecule has 2 rings (SSSR count). The summed E-state index contributed by atoms with van der Waals surface area (Å²) in [6.07, 6.45) is 3.30. The lowest BCUT2D eigenvalue weighted by Crippen LogP contribution is -2.43. The molecule has 0 saturated carbocycles. The van der Waals surface area contributed by atoms with E-state index in [0.717, 1.165) is 30.4 Å². The SMILES string of the molecule is CC(C)(CCO)CNC(=O)NC1CCCc2cc(F)ccc21. The zero-order chi connectivity index (χ0) is 16.2. The lowest BCUT2D eigenvalue weighted by atomic mass is 9.87. The number of fused-ring (bicyclic) bond motifs is 1. The Bertz CT molecular complexity index is 531. The number of carbonyl (C=O) groups is 1. The second-order valence-electron chi connectivity index (χ2n) is 6.75. The number of benzene rings is 1. The van der Waals surface area contributed by atoms with Gasteiger partial charge >= 0.3 is 6.03 Å². The van der Waals surface area contributed by atoms with Crippen LogP contribution in [0.15, 0.2) is 18.2 Å². The maximum absolute atomic E-state index is 13.3. The van der Waals surface area contributed by atoms with Crippen LogP contribution in [0.5, 0.6) is 0 Å². The Hall–Kier alpha value is -1.62. The molecule has 0 aromatic heterocycles. The molecule has 1 atom stereocenters. The smallest absolute Gasteiger partial charge is 0.315 e. The molecular formula is C17H25FN2O2. The first-order chi connectivity index (χ1) is 10.4. The quantitative estimate of drug-likeness (QED) is 0.783. The molecule has 0 saturated heterocycles. The fourth-order valence-corrected chi connectivity index (χ4v) is 2.85. The first-order valence-electron chi connectivity index (χ1n) is 7.85. The Morgan fingerprint density at radius 3 is 2.95 bits per heavy atom. The van der Waals surface area contributed by atoms with E-state index >= 15 is 0 Å². The minimum Gasteiger partial charge on any atom is -0.396 e. The summed E-state index contributed by atoms with van der Waals surface area (Å²) in [5, 5.41) is 14.8. The molecule has 4 nitrogen and oxygen atoms in total. The third-order valence-corrected chi connectivity index (χ3v) is 4.24. The van der Waals surface area contributed by atoms with Crippen LogP contribution in [0, 0.1) is 11.2 Å². The summed E-state index contributed by atoms with van der Waals surface area (Å²) in [5.74, 6) is -0.227. The van der Waals surface area contributed by atoms with Crippen molar-refractivity contribution in [1.82, 2.24) is 10.6 Å². The van der Waals surface area contributed by atoms with Gasteiger partial charge in [-0.2, -0.15) is 0 Å². The zero-order valence-corrected chi connectivity index (χ0v) is 13.3. The second kappa shape index (κ2) is 7.09.